The third-order valence-electron chi connectivity index (χ3n) is 2.09. The predicted molar refractivity (Wildman–Crippen MR) is 61.2 cm³/mol. The molecule has 0 unspecified atom stereocenters. The predicted octanol–water partition coefficient (Wildman–Crippen LogP) is 2.52. The van der Waals surface area contributed by atoms with Crippen LogP contribution in [0.4, 0.5) is 5.69 Å². The van der Waals surface area contributed by atoms with Crippen LogP contribution in [-0.2, 0) is 0 Å². The van der Waals surface area contributed by atoms with E-state index in [1.165, 1.54) is 17.4 Å². The highest BCUT2D eigenvalue weighted by molar-refractivity contribution is 7.14. The van der Waals surface area contributed by atoms with Gasteiger partial charge in [-0.25, -0.2) is 0 Å². The zero-order valence-corrected chi connectivity index (χ0v) is 8.62. The number of anilines is 1. The zero-order chi connectivity index (χ0) is 10.8. The van der Waals surface area contributed by atoms with Gasteiger partial charge in [0.15, 0.2) is 6.29 Å². The summed E-state index contributed by atoms with van der Waals surface area (Å²) in [5.74, 6) is 0.0977. The third kappa shape index (κ3) is 1.71. The van der Waals surface area contributed by atoms with Crippen LogP contribution in [0.25, 0.3) is 10.4 Å². The standard InChI is InChI=1S/C11H9NO2S/c12-8-1-2-9(10(14)5-8)11-7(6-13)3-4-15-11/h1-6,14H,12H2. The number of phenolic OH excluding ortho intramolecular Hbond substituents is 1. The topological polar surface area (TPSA) is 63.3 Å². The third-order valence-corrected chi connectivity index (χ3v) is 3.05. The van der Waals surface area contributed by atoms with Gasteiger partial charge in [0.1, 0.15) is 5.75 Å². The normalized spacial score (nSPS) is 10.1. The molecule has 0 fully saturated rings. The smallest absolute Gasteiger partial charge is 0.151 e. The lowest BCUT2D eigenvalue weighted by molar-refractivity contribution is 0.112. The zero-order valence-electron chi connectivity index (χ0n) is 7.81. The van der Waals surface area contributed by atoms with E-state index in [9.17, 15) is 9.90 Å². The molecule has 0 saturated carbocycles. The summed E-state index contributed by atoms with van der Waals surface area (Å²) in [6, 6.07) is 6.61. The minimum atomic E-state index is 0.0977. The van der Waals surface area contributed by atoms with Gasteiger partial charge >= 0.3 is 0 Å². The van der Waals surface area contributed by atoms with Crippen LogP contribution in [-0.4, -0.2) is 11.4 Å². The van der Waals surface area contributed by atoms with Crippen molar-refractivity contribution in [3.05, 3.63) is 35.2 Å². The summed E-state index contributed by atoms with van der Waals surface area (Å²) in [5.41, 5.74) is 7.25. The molecule has 1 aromatic carbocycles. The summed E-state index contributed by atoms with van der Waals surface area (Å²) in [7, 11) is 0. The number of nitrogen functional groups attached to an aromatic ring is 1. The van der Waals surface area contributed by atoms with Gasteiger partial charge in [-0.2, -0.15) is 0 Å². The molecule has 0 aliphatic rings. The van der Waals surface area contributed by atoms with Gasteiger partial charge in [0.2, 0.25) is 0 Å². The molecular weight excluding hydrogens is 210 g/mol. The van der Waals surface area contributed by atoms with E-state index < -0.39 is 0 Å². The van der Waals surface area contributed by atoms with Crippen LogP contribution in [0.1, 0.15) is 10.4 Å². The van der Waals surface area contributed by atoms with Gasteiger partial charge in [0.05, 0.1) is 0 Å². The molecule has 1 heterocycles. The number of thiophene rings is 1. The molecule has 0 saturated heterocycles. The molecule has 0 aliphatic heterocycles. The van der Waals surface area contributed by atoms with Crippen LogP contribution in [0.2, 0.25) is 0 Å². The number of benzene rings is 1. The number of hydrogen-bond donors (Lipinski definition) is 2. The number of rotatable bonds is 2. The molecule has 0 spiro atoms. The molecule has 0 aliphatic carbocycles. The van der Waals surface area contributed by atoms with Gasteiger partial charge in [0.25, 0.3) is 0 Å². The lowest BCUT2D eigenvalue weighted by Crippen LogP contribution is -1.86. The largest absolute Gasteiger partial charge is 0.507 e. The summed E-state index contributed by atoms with van der Waals surface area (Å²) in [4.78, 5) is 11.5. The van der Waals surface area contributed by atoms with Crippen molar-refractivity contribution in [3.8, 4) is 16.2 Å². The minimum absolute atomic E-state index is 0.0977. The average molecular weight is 219 g/mol. The number of hydrogen-bond acceptors (Lipinski definition) is 4. The van der Waals surface area contributed by atoms with Gasteiger partial charge in [-0.1, -0.05) is 0 Å². The van der Waals surface area contributed by atoms with Gasteiger partial charge in [0, 0.05) is 27.8 Å². The molecule has 1 aromatic heterocycles. The first-order valence-corrected chi connectivity index (χ1v) is 5.22. The lowest BCUT2D eigenvalue weighted by Gasteiger charge is -2.03. The highest BCUT2D eigenvalue weighted by Crippen LogP contribution is 2.35. The number of aldehydes is 1. The van der Waals surface area contributed by atoms with Crippen LogP contribution < -0.4 is 5.73 Å². The van der Waals surface area contributed by atoms with Crippen molar-refractivity contribution in [1.29, 1.82) is 0 Å². The first-order valence-electron chi connectivity index (χ1n) is 4.34. The highest BCUT2D eigenvalue weighted by Gasteiger charge is 2.10. The fourth-order valence-electron chi connectivity index (χ4n) is 1.37. The Morgan fingerprint density at radius 1 is 1.33 bits per heavy atom. The van der Waals surface area contributed by atoms with E-state index in [-0.39, 0.29) is 5.75 Å². The molecule has 3 nitrogen and oxygen atoms in total. The second-order valence-electron chi connectivity index (χ2n) is 3.10. The Morgan fingerprint density at radius 3 is 2.80 bits per heavy atom. The van der Waals surface area contributed by atoms with Crippen molar-refractivity contribution < 1.29 is 9.90 Å². The average Bonchev–Trinajstić information content (AvgIpc) is 2.65. The number of aromatic hydroxyl groups is 1. The number of nitrogens with two attached hydrogens (primary N) is 1. The van der Waals surface area contributed by atoms with Crippen molar-refractivity contribution in [1.82, 2.24) is 0 Å². The van der Waals surface area contributed by atoms with Crippen molar-refractivity contribution in [2.75, 3.05) is 5.73 Å². The van der Waals surface area contributed by atoms with Gasteiger partial charge in [-0.15, -0.1) is 11.3 Å². The van der Waals surface area contributed by atoms with Crippen molar-refractivity contribution in [3.63, 3.8) is 0 Å². The van der Waals surface area contributed by atoms with E-state index in [1.54, 1.807) is 18.2 Å². The molecule has 0 amide bonds. The maximum Gasteiger partial charge on any atom is 0.151 e. The molecule has 2 aromatic rings. The molecule has 3 N–H and O–H groups in total. The molecular formula is C11H9NO2S. The molecule has 2 rings (SSSR count). The molecule has 76 valence electrons. The van der Waals surface area contributed by atoms with Crippen molar-refractivity contribution in [2.45, 2.75) is 0 Å². The Morgan fingerprint density at radius 2 is 2.13 bits per heavy atom. The van der Waals surface area contributed by atoms with Crippen LogP contribution in [0.15, 0.2) is 29.6 Å². The Kier molecular flexibility index (Phi) is 2.43. The summed E-state index contributed by atoms with van der Waals surface area (Å²) < 4.78 is 0. The molecule has 0 radical (unpaired) electrons. The monoisotopic (exact) mass is 219 g/mol. The summed E-state index contributed by atoms with van der Waals surface area (Å²) in [6.45, 7) is 0. The minimum Gasteiger partial charge on any atom is -0.507 e. The molecule has 0 atom stereocenters. The molecule has 0 bridgehead atoms. The van der Waals surface area contributed by atoms with Gasteiger partial charge in [-0.3, -0.25) is 4.79 Å². The number of carbonyl (C=O) groups excluding carboxylic acids is 1. The Labute approximate surface area is 90.8 Å². The van der Waals surface area contributed by atoms with E-state index >= 15 is 0 Å². The van der Waals surface area contributed by atoms with Crippen molar-refractivity contribution >= 4 is 23.3 Å². The van der Waals surface area contributed by atoms with Crippen LogP contribution >= 0.6 is 11.3 Å². The first kappa shape index (κ1) is 9.73. The Balaban J connectivity index is 2.59. The number of carbonyl (C=O) groups is 1. The fraction of sp³-hybridized carbons (Fsp3) is 0. The van der Waals surface area contributed by atoms with Crippen LogP contribution in [0, 0.1) is 0 Å². The summed E-state index contributed by atoms with van der Waals surface area (Å²) in [5, 5.41) is 11.5. The lowest BCUT2D eigenvalue weighted by atomic mass is 10.1. The quantitative estimate of drug-likeness (QED) is 0.602. The van der Waals surface area contributed by atoms with E-state index in [0.29, 0.717) is 16.8 Å². The van der Waals surface area contributed by atoms with E-state index in [1.807, 2.05) is 5.38 Å². The van der Waals surface area contributed by atoms with Gasteiger partial charge < -0.3 is 10.8 Å². The molecule has 15 heavy (non-hydrogen) atoms. The highest BCUT2D eigenvalue weighted by atomic mass is 32.1. The maximum absolute atomic E-state index is 10.7. The first-order chi connectivity index (χ1) is 7.22. The van der Waals surface area contributed by atoms with E-state index in [0.717, 1.165) is 11.2 Å². The fourth-order valence-corrected chi connectivity index (χ4v) is 2.27. The second kappa shape index (κ2) is 3.74. The second-order valence-corrected chi connectivity index (χ2v) is 4.02. The SMILES string of the molecule is Nc1ccc(-c2sccc2C=O)c(O)c1. The maximum atomic E-state index is 10.7. The summed E-state index contributed by atoms with van der Waals surface area (Å²) in [6.07, 6.45) is 0.779. The van der Waals surface area contributed by atoms with Gasteiger partial charge in [-0.05, 0) is 23.6 Å². The van der Waals surface area contributed by atoms with Crippen molar-refractivity contribution in [2.24, 2.45) is 0 Å². The van der Waals surface area contributed by atoms with Crippen LogP contribution in [0.3, 0.4) is 0 Å². The Bertz CT molecular complexity index is 505. The Hall–Kier alpha value is -1.81. The van der Waals surface area contributed by atoms with Crippen LogP contribution in [0.5, 0.6) is 5.75 Å². The van der Waals surface area contributed by atoms with E-state index in [2.05, 4.69) is 0 Å². The molecule has 4 heteroatoms. The van der Waals surface area contributed by atoms with E-state index in [4.69, 9.17) is 5.73 Å². The summed E-state index contributed by atoms with van der Waals surface area (Å²) >= 11 is 1.42. The number of phenols is 1.